The zero-order valence-corrected chi connectivity index (χ0v) is 6.91. The Kier molecular flexibility index (Phi) is 3.81. The molecule has 0 aliphatic rings. The van der Waals surface area contributed by atoms with Crippen LogP contribution in [0.4, 0.5) is 3.89 Å². The number of nitrogens with one attached hydrogen (secondary N) is 1. The fourth-order valence-electron chi connectivity index (χ4n) is 0.646. The SMILES string of the molecule is CCC(CS(=O)(=O)F)NC. The Labute approximate surface area is 60.8 Å². The minimum Gasteiger partial charge on any atom is -0.316 e. The number of hydrogen-bond acceptors (Lipinski definition) is 3. The van der Waals surface area contributed by atoms with Gasteiger partial charge < -0.3 is 5.32 Å². The van der Waals surface area contributed by atoms with E-state index in [-0.39, 0.29) is 6.04 Å². The highest BCUT2D eigenvalue weighted by Crippen LogP contribution is 1.98. The summed E-state index contributed by atoms with van der Waals surface area (Å²) in [7, 11) is -2.70. The first-order valence-corrected chi connectivity index (χ1v) is 4.64. The van der Waals surface area contributed by atoms with Crippen molar-refractivity contribution in [3.63, 3.8) is 0 Å². The quantitative estimate of drug-likeness (QED) is 0.615. The smallest absolute Gasteiger partial charge is 0.303 e. The number of hydrogen-bond donors (Lipinski definition) is 1. The average Bonchev–Trinajstić information content (AvgIpc) is 1.81. The molecular formula is C5H12FNO2S. The number of halogens is 1. The lowest BCUT2D eigenvalue weighted by Gasteiger charge is -2.09. The molecule has 0 aliphatic heterocycles. The Morgan fingerprint density at radius 3 is 2.20 bits per heavy atom. The first-order chi connectivity index (χ1) is 4.49. The lowest BCUT2D eigenvalue weighted by atomic mass is 10.3. The van der Waals surface area contributed by atoms with Crippen LogP contribution in [-0.2, 0) is 10.2 Å². The molecule has 3 nitrogen and oxygen atoms in total. The van der Waals surface area contributed by atoms with Crippen molar-refractivity contribution < 1.29 is 12.3 Å². The summed E-state index contributed by atoms with van der Waals surface area (Å²) in [5.74, 6) is -0.431. The van der Waals surface area contributed by atoms with Crippen molar-refractivity contribution in [2.24, 2.45) is 0 Å². The summed E-state index contributed by atoms with van der Waals surface area (Å²) in [5.41, 5.74) is 0. The van der Waals surface area contributed by atoms with Crippen LogP contribution in [0.5, 0.6) is 0 Å². The highest BCUT2D eigenvalue weighted by Gasteiger charge is 2.13. The molecule has 1 atom stereocenters. The maximum atomic E-state index is 11.9. The Bertz CT molecular complexity index is 174. The molecule has 0 aromatic heterocycles. The fourth-order valence-corrected chi connectivity index (χ4v) is 1.53. The van der Waals surface area contributed by atoms with Crippen LogP contribution < -0.4 is 5.32 Å². The molecule has 0 radical (unpaired) electrons. The summed E-state index contributed by atoms with van der Waals surface area (Å²) in [6, 6.07) is -0.269. The lowest BCUT2D eigenvalue weighted by molar-refractivity contribution is 0.523. The Balaban J connectivity index is 3.87. The monoisotopic (exact) mass is 169 g/mol. The van der Waals surface area contributed by atoms with Crippen LogP contribution >= 0.6 is 0 Å². The van der Waals surface area contributed by atoms with Gasteiger partial charge in [0.1, 0.15) is 0 Å². The molecule has 0 fully saturated rings. The van der Waals surface area contributed by atoms with Crippen LogP contribution in [0.25, 0.3) is 0 Å². The zero-order valence-electron chi connectivity index (χ0n) is 6.09. The zero-order chi connectivity index (χ0) is 8.20. The van der Waals surface area contributed by atoms with E-state index in [4.69, 9.17) is 0 Å². The van der Waals surface area contributed by atoms with Crippen LogP contribution in [0.2, 0.25) is 0 Å². The molecule has 10 heavy (non-hydrogen) atoms. The van der Waals surface area contributed by atoms with Gasteiger partial charge in [0.2, 0.25) is 0 Å². The molecule has 0 aliphatic carbocycles. The predicted molar refractivity (Wildman–Crippen MR) is 38.0 cm³/mol. The molecule has 0 aromatic rings. The molecule has 1 N–H and O–H groups in total. The van der Waals surface area contributed by atoms with Gasteiger partial charge in [-0.05, 0) is 13.5 Å². The normalized spacial score (nSPS) is 15.1. The van der Waals surface area contributed by atoms with Gasteiger partial charge >= 0.3 is 10.2 Å². The second-order valence-corrected chi connectivity index (χ2v) is 3.51. The molecule has 0 heterocycles. The van der Waals surface area contributed by atoms with E-state index in [1.165, 1.54) is 0 Å². The van der Waals surface area contributed by atoms with Gasteiger partial charge in [-0.1, -0.05) is 6.92 Å². The van der Waals surface area contributed by atoms with E-state index >= 15 is 0 Å². The summed E-state index contributed by atoms with van der Waals surface area (Å²) in [4.78, 5) is 0. The topological polar surface area (TPSA) is 46.2 Å². The fraction of sp³-hybridized carbons (Fsp3) is 1.00. The first kappa shape index (κ1) is 9.84. The largest absolute Gasteiger partial charge is 0.316 e. The molecule has 0 bridgehead atoms. The van der Waals surface area contributed by atoms with Crippen molar-refractivity contribution in [1.29, 1.82) is 0 Å². The van der Waals surface area contributed by atoms with Crippen LogP contribution in [0, 0.1) is 0 Å². The summed E-state index contributed by atoms with van der Waals surface area (Å²) >= 11 is 0. The highest BCUT2D eigenvalue weighted by atomic mass is 32.3. The molecule has 0 saturated carbocycles. The van der Waals surface area contributed by atoms with Gasteiger partial charge in [0.05, 0.1) is 5.75 Å². The second-order valence-electron chi connectivity index (χ2n) is 2.10. The first-order valence-electron chi connectivity index (χ1n) is 3.09. The van der Waals surface area contributed by atoms with Crippen molar-refractivity contribution in [3.05, 3.63) is 0 Å². The summed E-state index contributed by atoms with van der Waals surface area (Å²) in [6.45, 7) is 1.80. The van der Waals surface area contributed by atoms with Crippen molar-refractivity contribution in [1.82, 2.24) is 5.32 Å². The summed E-state index contributed by atoms with van der Waals surface area (Å²) in [6.07, 6.45) is 0.611. The molecule has 5 heteroatoms. The van der Waals surface area contributed by atoms with E-state index in [1.807, 2.05) is 0 Å². The van der Waals surface area contributed by atoms with Crippen molar-refractivity contribution in [2.75, 3.05) is 12.8 Å². The Hall–Kier alpha value is -0.160. The lowest BCUT2D eigenvalue weighted by Crippen LogP contribution is -2.30. The molecule has 0 saturated heterocycles. The summed E-state index contributed by atoms with van der Waals surface area (Å²) in [5, 5.41) is 2.69. The third-order valence-electron chi connectivity index (χ3n) is 1.30. The third-order valence-corrected chi connectivity index (χ3v) is 2.10. The average molecular weight is 169 g/mol. The number of rotatable bonds is 4. The van der Waals surface area contributed by atoms with Crippen molar-refractivity contribution in [2.45, 2.75) is 19.4 Å². The van der Waals surface area contributed by atoms with Gasteiger partial charge in [-0.25, -0.2) is 0 Å². The van der Waals surface area contributed by atoms with Crippen molar-refractivity contribution >= 4 is 10.2 Å². The molecule has 1 unspecified atom stereocenters. The van der Waals surface area contributed by atoms with E-state index in [1.54, 1.807) is 14.0 Å². The van der Waals surface area contributed by atoms with E-state index in [9.17, 15) is 12.3 Å². The van der Waals surface area contributed by atoms with Crippen molar-refractivity contribution in [3.8, 4) is 0 Å². The Morgan fingerprint density at radius 1 is 1.60 bits per heavy atom. The molecule has 62 valence electrons. The standard InChI is InChI=1S/C5H12FNO2S/c1-3-5(7-2)4-10(6,8)9/h5,7H,3-4H2,1-2H3. The van der Waals surface area contributed by atoms with Gasteiger partial charge in [-0.15, -0.1) is 3.89 Å². The van der Waals surface area contributed by atoms with Gasteiger partial charge in [0.15, 0.2) is 0 Å². The van der Waals surface area contributed by atoms with Crippen LogP contribution in [-0.4, -0.2) is 27.3 Å². The van der Waals surface area contributed by atoms with Gasteiger partial charge in [-0.2, -0.15) is 8.42 Å². The minimum absolute atomic E-state index is 0.269. The molecule has 0 spiro atoms. The highest BCUT2D eigenvalue weighted by molar-refractivity contribution is 7.86. The van der Waals surface area contributed by atoms with Crippen LogP contribution in [0.1, 0.15) is 13.3 Å². The third kappa shape index (κ3) is 4.69. The maximum Gasteiger partial charge on any atom is 0.303 e. The Morgan fingerprint density at radius 2 is 2.10 bits per heavy atom. The van der Waals surface area contributed by atoms with Gasteiger partial charge in [0.25, 0.3) is 0 Å². The van der Waals surface area contributed by atoms with Gasteiger partial charge in [-0.3, -0.25) is 0 Å². The molecule has 0 amide bonds. The maximum absolute atomic E-state index is 11.9. The van der Waals surface area contributed by atoms with E-state index < -0.39 is 16.0 Å². The summed E-state index contributed by atoms with van der Waals surface area (Å²) < 4.78 is 32.1. The minimum atomic E-state index is -4.31. The van der Waals surface area contributed by atoms with E-state index in [0.717, 1.165) is 0 Å². The van der Waals surface area contributed by atoms with Gasteiger partial charge in [0, 0.05) is 6.04 Å². The predicted octanol–water partition coefficient (Wildman–Crippen LogP) is 0.284. The van der Waals surface area contributed by atoms with Crippen LogP contribution in [0.3, 0.4) is 0 Å². The second kappa shape index (κ2) is 3.88. The van der Waals surface area contributed by atoms with E-state index in [2.05, 4.69) is 5.32 Å². The molecule has 0 rings (SSSR count). The van der Waals surface area contributed by atoms with Crippen LogP contribution in [0.15, 0.2) is 0 Å². The van der Waals surface area contributed by atoms with E-state index in [0.29, 0.717) is 6.42 Å². The molecule has 0 aromatic carbocycles. The molecular weight excluding hydrogens is 157 g/mol.